The largest absolute Gasteiger partial charge is 0.492 e. The van der Waals surface area contributed by atoms with Crippen LogP contribution >= 0.6 is 0 Å². The molecular formula is C13H21NO. The summed E-state index contributed by atoms with van der Waals surface area (Å²) in [6.45, 7) is 10.2. The van der Waals surface area contributed by atoms with Crippen molar-refractivity contribution >= 4 is 5.69 Å². The van der Waals surface area contributed by atoms with E-state index in [0.29, 0.717) is 12.5 Å². The van der Waals surface area contributed by atoms with Crippen molar-refractivity contribution in [2.24, 2.45) is 5.92 Å². The highest BCUT2D eigenvalue weighted by Gasteiger charge is 2.03. The van der Waals surface area contributed by atoms with Gasteiger partial charge in [0.15, 0.2) is 0 Å². The maximum Gasteiger partial charge on any atom is 0.142 e. The highest BCUT2D eigenvalue weighted by Crippen LogP contribution is 2.25. The van der Waals surface area contributed by atoms with Crippen molar-refractivity contribution in [2.45, 2.75) is 27.7 Å². The molecule has 84 valence electrons. The van der Waals surface area contributed by atoms with E-state index in [4.69, 9.17) is 4.74 Å². The summed E-state index contributed by atoms with van der Waals surface area (Å²) in [5, 5.41) is 3.41. The second kappa shape index (κ2) is 5.64. The number of benzene rings is 1. The summed E-state index contributed by atoms with van der Waals surface area (Å²) in [4.78, 5) is 0. The molecule has 15 heavy (non-hydrogen) atoms. The lowest BCUT2D eigenvalue weighted by Crippen LogP contribution is -2.09. The van der Waals surface area contributed by atoms with Gasteiger partial charge in [0.05, 0.1) is 12.3 Å². The molecule has 0 heterocycles. The number of hydrogen-bond acceptors (Lipinski definition) is 2. The van der Waals surface area contributed by atoms with Gasteiger partial charge in [-0.1, -0.05) is 19.9 Å². The Labute approximate surface area is 92.6 Å². The van der Waals surface area contributed by atoms with Crippen LogP contribution in [0.1, 0.15) is 26.3 Å². The lowest BCUT2D eigenvalue weighted by molar-refractivity contribution is 0.341. The molecule has 0 bridgehead atoms. The van der Waals surface area contributed by atoms with Gasteiger partial charge in [-0.25, -0.2) is 0 Å². The molecule has 0 spiro atoms. The zero-order valence-electron chi connectivity index (χ0n) is 10.1. The predicted octanol–water partition coefficient (Wildman–Crippen LogP) is 3.46. The first-order valence-electron chi connectivity index (χ1n) is 5.60. The Morgan fingerprint density at radius 1 is 1.33 bits per heavy atom. The van der Waals surface area contributed by atoms with Gasteiger partial charge in [-0.05, 0) is 37.5 Å². The van der Waals surface area contributed by atoms with E-state index in [-0.39, 0.29) is 0 Å². The minimum absolute atomic E-state index is 0.639. The third-order valence-corrected chi connectivity index (χ3v) is 2.14. The van der Waals surface area contributed by atoms with Crippen molar-refractivity contribution in [3.8, 4) is 5.75 Å². The number of hydrogen-bond donors (Lipinski definition) is 1. The van der Waals surface area contributed by atoms with Crippen LogP contribution in [0.5, 0.6) is 5.75 Å². The summed E-state index contributed by atoms with van der Waals surface area (Å²) >= 11 is 0. The first-order chi connectivity index (χ1) is 7.13. The van der Waals surface area contributed by atoms with Crippen molar-refractivity contribution in [1.29, 1.82) is 0 Å². The smallest absolute Gasteiger partial charge is 0.142 e. The molecule has 0 saturated carbocycles. The van der Waals surface area contributed by atoms with E-state index < -0.39 is 0 Å². The maximum absolute atomic E-state index is 5.56. The van der Waals surface area contributed by atoms with Gasteiger partial charge in [0.2, 0.25) is 0 Å². The highest BCUT2D eigenvalue weighted by molar-refractivity contribution is 5.58. The van der Waals surface area contributed by atoms with Gasteiger partial charge < -0.3 is 10.1 Å². The predicted molar refractivity (Wildman–Crippen MR) is 65.7 cm³/mol. The number of rotatable bonds is 5. The standard InChI is InChI=1S/C13H21NO/c1-5-15-13-7-6-11(4)8-12(13)14-9-10(2)3/h6-8,10,14H,5,9H2,1-4H3. The van der Waals surface area contributed by atoms with Crippen LogP contribution in [0.4, 0.5) is 5.69 Å². The Balaban J connectivity index is 2.77. The van der Waals surface area contributed by atoms with E-state index in [1.807, 2.05) is 13.0 Å². The Hall–Kier alpha value is -1.18. The van der Waals surface area contributed by atoms with Crippen LogP contribution in [0, 0.1) is 12.8 Å². The SMILES string of the molecule is CCOc1ccc(C)cc1NCC(C)C. The topological polar surface area (TPSA) is 21.3 Å². The molecule has 0 aromatic heterocycles. The maximum atomic E-state index is 5.56. The summed E-state index contributed by atoms with van der Waals surface area (Å²) in [6, 6.07) is 6.24. The molecule has 0 aliphatic heterocycles. The molecule has 0 saturated heterocycles. The monoisotopic (exact) mass is 207 g/mol. The number of anilines is 1. The van der Waals surface area contributed by atoms with Gasteiger partial charge in [-0.2, -0.15) is 0 Å². The molecule has 1 aromatic carbocycles. The molecule has 1 rings (SSSR count). The quantitative estimate of drug-likeness (QED) is 0.798. The summed E-state index contributed by atoms with van der Waals surface area (Å²) < 4.78 is 5.56. The first-order valence-corrected chi connectivity index (χ1v) is 5.60. The van der Waals surface area contributed by atoms with Crippen LogP contribution in [0.15, 0.2) is 18.2 Å². The second-order valence-electron chi connectivity index (χ2n) is 4.21. The van der Waals surface area contributed by atoms with E-state index in [2.05, 4.69) is 38.2 Å². The summed E-state index contributed by atoms with van der Waals surface area (Å²) in [6.07, 6.45) is 0. The average Bonchev–Trinajstić information content (AvgIpc) is 2.18. The van der Waals surface area contributed by atoms with Crippen LogP contribution in [0.25, 0.3) is 0 Å². The molecule has 2 heteroatoms. The van der Waals surface area contributed by atoms with E-state index in [0.717, 1.165) is 18.0 Å². The molecule has 0 fully saturated rings. The van der Waals surface area contributed by atoms with Crippen LogP contribution in [-0.4, -0.2) is 13.2 Å². The molecule has 0 unspecified atom stereocenters. The zero-order chi connectivity index (χ0) is 11.3. The van der Waals surface area contributed by atoms with E-state index in [9.17, 15) is 0 Å². The summed E-state index contributed by atoms with van der Waals surface area (Å²) in [5.74, 6) is 1.59. The molecule has 0 radical (unpaired) electrons. The van der Waals surface area contributed by atoms with Gasteiger partial charge in [0, 0.05) is 6.54 Å². The number of aryl methyl sites for hydroxylation is 1. The third-order valence-electron chi connectivity index (χ3n) is 2.14. The second-order valence-corrected chi connectivity index (χ2v) is 4.21. The average molecular weight is 207 g/mol. The minimum atomic E-state index is 0.639. The Morgan fingerprint density at radius 3 is 2.67 bits per heavy atom. The third kappa shape index (κ3) is 3.82. The zero-order valence-corrected chi connectivity index (χ0v) is 10.1. The van der Waals surface area contributed by atoms with E-state index in [1.54, 1.807) is 0 Å². The molecule has 0 aliphatic rings. The summed E-state index contributed by atoms with van der Waals surface area (Å²) in [7, 11) is 0. The molecule has 2 nitrogen and oxygen atoms in total. The fraction of sp³-hybridized carbons (Fsp3) is 0.538. The van der Waals surface area contributed by atoms with Crippen molar-refractivity contribution < 1.29 is 4.74 Å². The molecule has 0 aliphatic carbocycles. The molecule has 0 atom stereocenters. The van der Waals surface area contributed by atoms with Crippen molar-refractivity contribution in [3.63, 3.8) is 0 Å². The van der Waals surface area contributed by atoms with Gasteiger partial charge in [-0.15, -0.1) is 0 Å². The molecule has 1 N–H and O–H groups in total. The van der Waals surface area contributed by atoms with Crippen LogP contribution < -0.4 is 10.1 Å². The fourth-order valence-corrected chi connectivity index (χ4v) is 1.38. The molecule has 0 amide bonds. The van der Waals surface area contributed by atoms with Crippen LogP contribution in [-0.2, 0) is 0 Å². The van der Waals surface area contributed by atoms with Gasteiger partial charge in [-0.3, -0.25) is 0 Å². The van der Waals surface area contributed by atoms with Gasteiger partial charge in [0.25, 0.3) is 0 Å². The van der Waals surface area contributed by atoms with Crippen LogP contribution in [0.2, 0.25) is 0 Å². The van der Waals surface area contributed by atoms with Crippen LogP contribution in [0.3, 0.4) is 0 Å². The number of ether oxygens (including phenoxy) is 1. The van der Waals surface area contributed by atoms with Gasteiger partial charge >= 0.3 is 0 Å². The first kappa shape index (κ1) is 11.9. The van der Waals surface area contributed by atoms with E-state index in [1.165, 1.54) is 5.56 Å². The fourth-order valence-electron chi connectivity index (χ4n) is 1.38. The Bertz CT molecular complexity index is 307. The lowest BCUT2D eigenvalue weighted by atomic mass is 10.2. The van der Waals surface area contributed by atoms with E-state index >= 15 is 0 Å². The Morgan fingerprint density at radius 2 is 2.07 bits per heavy atom. The van der Waals surface area contributed by atoms with Crippen molar-refractivity contribution in [2.75, 3.05) is 18.5 Å². The van der Waals surface area contributed by atoms with Gasteiger partial charge in [0.1, 0.15) is 5.75 Å². The highest BCUT2D eigenvalue weighted by atomic mass is 16.5. The molecule has 1 aromatic rings. The normalized spacial score (nSPS) is 10.5. The summed E-state index contributed by atoms with van der Waals surface area (Å²) in [5.41, 5.74) is 2.36. The van der Waals surface area contributed by atoms with Crippen molar-refractivity contribution in [3.05, 3.63) is 23.8 Å². The lowest BCUT2D eigenvalue weighted by Gasteiger charge is -2.14. The van der Waals surface area contributed by atoms with Crippen molar-refractivity contribution in [1.82, 2.24) is 0 Å². The molecular weight excluding hydrogens is 186 g/mol. The minimum Gasteiger partial charge on any atom is -0.492 e. The number of nitrogens with one attached hydrogen (secondary N) is 1. The Kier molecular flexibility index (Phi) is 4.47.